The van der Waals surface area contributed by atoms with Gasteiger partial charge in [-0.3, -0.25) is 9.59 Å². The highest BCUT2D eigenvalue weighted by Crippen LogP contribution is 2.18. The lowest BCUT2D eigenvalue weighted by Crippen LogP contribution is -2.47. The predicted molar refractivity (Wildman–Crippen MR) is 119 cm³/mol. The lowest BCUT2D eigenvalue weighted by atomic mass is 10.1. The fourth-order valence-electron chi connectivity index (χ4n) is 3.27. The summed E-state index contributed by atoms with van der Waals surface area (Å²) in [6.07, 6.45) is 0. The summed E-state index contributed by atoms with van der Waals surface area (Å²) in [6.45, 7) is 3.99. The Morgan fingerprint density at radius 2 is 1.53 bits per heavy atom. The first kappa shape index (κ1) is 23.8. The van der Waals surface area contributed by atoms with Crippen molar-refractivity contribution in [1.29, 1.82) is 0 Å². The minimum atomic E-state index is -3.68. The van der Waals surface area contributed by atoms with E-state index in [2.05, 4.69) is 15.5 Å². The molecule has 2 aromatic carbocycles. The van der Waals surface area contributed by atoms with E-state index >= 15 is 0 Å². The molecule has 10 heteroatoms. The molecular formula is C22H27FN4O4S. The van der Waals surface area contributed by atoms with Gasteiger partial charge in [0.05, 0.1) is 4.90 Å². The van der Waals surface area contributed by atoms with Gasteiger partial charge in [0.2, 0.25) is 10.0 Å². The van der Waals surface area contributed by atoms with Crippen LogP contribution >= 0.6 is 0 Å². The third kappa shape index (κ3) is 5.70. The largest absolute Gasteiger partial charge is 0.350 e. The fraction of sp³-hybridized carbons (Fsp3) is 0.364. The van der Waals surface area contributed by atoms with Crippen molar-refractivity contribution in [2.24, 2.45) is 0 Å². The normalized spacial score (nSPS) is 15.3. The maximum atomic E-state index is 13.6. The minimum absolute atomic E-state index is 0.0735. The summed E-state index contributed by atoms with van der Waals surface area (Å²) in [4.78, 5) is 26.7. The third-order valence-electron chi connectivity index (χ3n) is 5.33. The number of halogens is 1. The number of likely N-dealkylation sites (N-methyl/N-ethyl adjacent to an activating group) is 1. The van der Waals surface area contributed by atoms with Gasteiger partial charge in [-0.05, 0) is 49.9 Å². The average Bonchev–Trinajstić information content (AvgIpc) is 2.78. The highest BCUT2D eigenvalue weighted by molar-refractivity contribution is 7.89. The first-order valence-corrected chi connectivity index (χ1v) is 11.7. The van der Waals surface area contributed by atoms with Crippen LogP contribution in [0.25, 0.3) is 0 Å². The van der Waals surface area contributed by atoms with Crippen molar-refractivity contribution < 1.29 is 22.4 Å². The quantitative estimate of drug-likeness (QED) is 0.603. The smallest absolute Gasteiger partial charge is 0.251 e. The van der Waals surface area contributed by atoms with Gasteiger partial charge in [-0.15, -0.1) is 0 Å². The Balaban J connectivity index is 1.54. The highest BCUT2D eigenvalue weighted by Gasteiger charge is 2.27. The van der Waals surface area contributed by atoms with Gasteiger partial charge in [-0.2, -0.15) is 4.31 Å². The average molecular weight is 463 g/mol. The van der Waals surface area contributed by atoms with Crippen LogP contribution in [-0.2, 0) is 10.0 Å². The van der Waals surface area contributed by atoms with Crippen LogP contribution in [0.5, 0.6) is 0 Å². The number of nitrogens with zero attached hydrogens (tertiary/aromatic N) is 2. The summed E-state index contributed by atoms with van der Waals surface area (Å²) < 4.78 is 40.8. The molecular weight excluding hydrogens is 435 g/mol. The fourth-order valence-corrected chi connectivity index (χ4v) is 4.73. The van der Waals surface area contributed by atoms with Crippen LogP contribution in [0, 0.1) is 12.7 Å². The van der Waals surface area contributed by atoms with E-state index < -0.39 is 27.7 Å². The summed E-state index contributed by atoms with van der Waals surface area (Å²) in [5.41, 5.74) is 0.860. The summed E-state index contributed by atoms with van der Waals surface area (Å²) in [5.74, 6) is -1.35. The van der Waals surface area contributed by atoms with Crippen molar-refractivity contribution in [3.8, 4) is 0 Å². The van der Waals surface area contributed by atoms with Gasteiger partial charge >= 0.3 is 0 Å². The zero-order valence-electron chi connectivity index (χ0n) is 18.1. The SMILES string of the molecule is Cc1ccc(C(=O)NCCNC(=O)c2cccc(S(=O)(=O)N3CCN(C)CC3)c2)cc1F. The van der Waals surface area contributed by atoms with Gasteiger partial charge in [0.1, 0.15) is 5.82 Å². The molecule has 1 fully saturated rings. The number of hydrogen-bond acceptors (Lipinski definition) is 5. The Bertz CT molecular complexity index is 1100. The monoisotopic (exact) mass is 462 g/mol. The Hall–Kier alpha value is -2.82. The summed E-state index contributed by atoms with van der Waals surface area (Å²) in [6, 6.07) is 10.1. The number of amides is 2. The van der Waals surface area contributed by atoms with Gasteiger partial charge in [-0.25, -0.2) is 12.8 Å². The predicted octanol–water partition coefficient (Wildman–Crippen LogP) is 1.23. The second kappa shape index (κ2) is 10.2. The van der Waals surface area contributed by atoms with Crippen molar-refractivity contribution in [2.45, 2.75) is 11.8 Å². The molecule has 0 saturated carbocycles. The molecule has 0 unspecified atom stereocenters. The maximum Gasteiger partial charge on any atom is 0.251 e. The van der Waals surface area contributed by atoms with Crippen LogP contribution in [-0.4, -0.2) is 75.8 Å². The number of aryl methyl sites for hydroxylation is 1. The first-order valence-electron chi connectivity index (χ1n) is 10.3. The molecule has 1 aliphatic heterocycles. The van der Waals surface area contributed by atoms with Crippen LogP contribution in [0.3, 0.4) is 0 Å². The van der Waals surface area contributed by atoms with E-state index in [1.807, 2.05) is 7.05 Å². The number of sulfonamides is 1. The molecule has 0 radical (unpaired) electrons. The molecule has 3 rings (SSSR count). The highest BCUT2D eigenvalue weighted by atomic mass is 32.2. The Labute approximate surface area is 187 Å². The second-order valence-electron chi connectivity index (χ2n) is 7.71. The number of rotatable bonds is 7. The van der Waals surface area contributed by atoms with E-state index in [1.54, 1.807) is 6.92 Å². The molecule has 172 valence electrons. The van der Waals surface area contributed by atoms with E-state index in [0.29, 0.717) is 31.7 Å². The summed E-state index contributed by atoms with van der Waals surface area (Å²) >= 11 is 0. The van der Waals surface area contributed by atoms with E-state index in [-0.39, 0.29) is 29.1 Å². The van der Waals surface area contributed by atoms with Crippen molar-refractivity contribution in [1.82, 2.24) is 19.8 Å². The molecule has 2 aromatic rings. The Kier molecular flexibility index (Phi) is 7.60. The number of carbonyl (C=O) groups is 2. The number of hydrogen-bond donors (Lipinski definition) is 2. The Morgan fingerprint density at radius 1 is 0.938 bits per heavy atom. The lowest BCUT2D eigenvalue weighted by molar-refractivity contribution is 0.0927. The first-order chi connectivity index (χ1) is 15.2. The third-order valence-corrected chi connectivity index (χ3v) is 7.22. The van der Waals surface area contributed by atoms with E-state index in [9.17, 15) is 22.4 Å². The zero-order valence-corrected chi connectivity index (χ0v) is 18.9. The molecule has 32 heavy (non-hydrogen) atoms. The lowest BCUT2D eigenvalue weighted by Gasteiger charge is -2.31. The van der Waals surface area contributed by atoms with Crippen molar-refractivity contribution >= 4 is 21.8 Å². The number of nitrogens with one attached hydrogen (secondary N) is 2. The Morgan fingerprint density at radius 3 is 2.12 bits per heavy atom. The van der Waals surface area contributed by atoms with Gasteiger partial charge in [-0.1, -0.05) is 12.1 Å². The second-order valence-corrected chi connectivity index (χ2v) is 9.65. The molecule has 0 spiro atoms. The molecule has 0 aliphatic carbocycles. The summed E-state index contributed by atoms with van der Waals surface area (Å²) in [5, 5.41) is 5.26. The molecule has 0 aromatic heterocycles. The van der Waals surface area contributed by atoms with Crippen molar-refractivity contribution in [3.05, 3.63) is 65.0 Å². The van der Waals surface area contributed by atoms with Crippen LogP contribution < -0.4 is 10.6 Å². The number of benzene rings is 2. The minimum Gasteiger partial charge on any atom is -0.350 e. The molecule has 0 atom stereocenters. The van der Waals surface area contributed by atoms with Gasteiger partial charge in [0.25, 0.3) is 11.8 Å². The van der Waals surface area contributed by atoms with E-state index in [1.165, 1.54) is 40.7 Å². The molecule has 2 amide bonds. The maximum absolute atomic E-state index is 13.6. The zero-order chi connectivity index (χ0) is 23.3. The standard InChI is InChI=1S/C22H27FN4O4S/c1-16-6-7-18(15-20(16)23)22(29)25-9-8-24-21(28)17-4-3-5-19(14-17)32(30,31)27-12-10-26(2)11-13-27/h3-7,14-15H,8-13H2,1-2H3,(H,24,28)(H,25,29). The van der Waals surface area contributed by atoms with Crippen molar-refractivity contribution in [2.75, 3.05) is 46.3 Å². The molecule has 1 heterocycles. The molecule has 2 N–H and O–H groups in total. The van der Waals surface area contributed by atoms with Gasteiger partial charge in [0.15, 0.2) is 0 Å². The molecule has 0 bridgehead atoms. The van der Waals surface area contributed by atoms with Gasteiger partial charge in [0, 0.05) is 50.4 Å². The van der Waals surface area contributed by atoms with Crippen LogP contribution in [0.1, 0.15) is 26.3 Å². The van der Waals surface area contributed by atoms with Crippen LogP contribution in [0.15, 0.2) is 47.4 Å². The van der Waals surface area contributed by atoms with E-state index in [0.717, 1.165) is 6.07 Å². The van der Waals surface area contributed by atoms with Crippen LogP contribution in [0.4, 0.5) is 4.39 Å². The van der Waals surface area contributed by atoms with Gasteiger partial charge < -0.3 is 15.5 Å². The number of carbonyl (C=O) groups excluding carboxylic acids is 2. The molecule has 8 nitrogen and oxygen atoms in total. The van der Waals surface area contributed by atoms with Crippen molar-refractivity contribution in [3.63, 3.8) is 0 Å². The number of piperazine rings is 1. The molecule has 1 aliphatic rings. The van der Waals surface area contributed by atoms with E-state index in [4.69, 9.17) is 0 Å². The molecule has 1 saturated heterocycles. The summed E-state index contributed by atoms with van der Waals surface area (Å²) in [7, 11) is -1.74. The topological polar surface area (TPSA) is 98.8 Å². The van der Waals surface area contributed by atoms with Crippen LogP contribution in [0.2, 0.25) is 0 Å².